The van der Waals surface area contributed by atoms with Crippen LogP contribution >= 0.6 is 0 Å². The molecule has 0 saturated carbocycles. The first-order valence-corrected chi connectivity index (χ1v) is 6.92. The summed E-state index contributed by atoms with van der Waals surface area (Å²) >= 11 is 0. The highest BCUT2D eigenvalue weighted by molar-refractivity contribution is 5.19. The maximum absolute atomic E-state index is 5.27. The van der Waals surface area contributed by atoms with Gasteiger partial charge in [0.05, 0.1) is 0 Å². The molecule has 5 nitrogen and oxygen atoms in total. The zero-order valence-corrected chi connectivity index (χ0v) is 12.0. The van der Waals surface area contributed by atoms with Crippen LogP contribution in [0.5, 0.6) is 0 Å². The average Bonchev–Trinajstić information content (AvgIpc) is 2.92. The van der Waals surface area contributed by atoms with Crippen molar-refractivity contribution >= 4 is 0 Å². The number of nitrogens with one attached hydrogen (secondary N) is 1. The van der Waals surface area contributed by atoms with Gasteiger partial charge in [-0.15, -0.1) is 0 Å². The van der Waals surface area contributed by atoms with Crippen LogP contribution in [-0.2, 0) is 17.8 Å². The summed E-state index contributed by atoms with van der Waals surface area (Å²) in [6.45, 7) is 3.49. The lowest BCUT2D eigenvalue weighted by Gasteiger charge is -2.17. The topological polar surface area (TPSA) is 60.2 Å². The van der Waals surface area contributed by atoms with E-state index in [1.165, 1.54) is 5.56 Å². The summed E-state index contributed by atoms with van der Waals surface area (Å²) in [7, 11) is 1.62. The standard InChI is InChI=1S/C15H21N3O2/c1-3-9-16-13(12-7-5-4-6-8-12)10-15-17-14(11-19-2)18-20-15/h4-8,13,16H,3,9-11H2,1-2H3. The highest BCUT2D eigenvalue weighted by Crippen LogP contribution is 2.17. The largest absolute Gasteiger partial charge is 0.377 e. The SMILES string of the molecule is CCCNC(Cc1nc(COC)no1)c1ccccc1. The number of aromatic nitrogens is 2. The Balaban J connectivity index is 2.06. The molecule has 2 aromatic rings. The number of hydrogen-bond acceptors (Lipinski definition) is 5. The van der Waals surface area contributed by atoms with E-state index in [4.69, 9.17) is 9.26 Å². The van der Waals surface area contributed by atoms with Crippen molar-refractivity contribution in [3.05, 3.63) is 47.6 Å². The summed E-state index contributed by atoms with van der Waals surface area (Å²) in [4.78, 5) is 4.33. The first-order chi connectivity index (χ1) is 9.83. The van der Waals surface area contributed by atoms with E-state index < -0.39 is 0 Å². The lowest BCUT2D eigenvalue weighted by molar-refractivity contribution is 0.174. The van der Waals surface area contributed by atoms with Crippen LogP contribution in [0.3, 0.4) is 0 Å². The highest BCUT2D eigenvalue weighted by Gasteiger charge is 2.15. The third-order valence-electron chi connectivity index (χ3n) is 3.01. The predicted octanol–water partition coefficient (Wildman–Crippen LogP) is 2.50. The van der Waals surface area contributed by atoms with Gasteiger partial charge in [-0.1, -0.05) is 42.4 Å². The van der Waals surface area contributed by atoms with Crippen LogP contribution in [0.2, 0.25) is 0 Å². The molecule has 0 radical (unpaired) electrons. The average molecular weight is 275 g/mol. The van der Waals surface area contributed by atoms with E-state index in [0.717, 1.165) is 13.0 Å². The Labute approximate surface area is 119 Å². The molecule has 1 unspecified atom stereocenters. The molecule has 0 spiro atoms. The number of rotatable bonds is 8. The summed E-state index contributed by atoms with van der Waals surface area (Å²) in [5.74, 6) is 1.22. The molecule has 5 heteroatoms. The first-order valence-electron chi connectivity index (χ1n) is 6.92. The van der Waals surface area contributed by atoms with Crippen LogP contribution in [0.4, 0.5) is 0 Å². The van der Waals surface area contributed by atoms with Crippen LogP contribution in [0.25, 0.3) is 0 Å². The third kappa shape index (κ3) is 4.15. The van der Waals surface area contributed by atoms with Crippen molar-refractivity contribution in [1.29, 1.82) is 0 Å². The van der Waals surface area contributed by atoms with Gasteiger partial charge in [-0.2, -0.15) is 4.98 Å². The van der Waals surface area contributed by atoms with Gasteiger partial charge in [0.15, 0.2) is 5.82 Å². The monoisotopic (exact) mass is 275 g/mol. The van der Waals surface area contributed by atoms with E-state index in [1.54, 1.807) is 7.11 Å². The van der Waals surface area contributed by atoms with Gasteiger partial charge in [-0.3, -0.25) is 0 Å². The Bertz CT molecular complexity index is 499. The molecule has 0 fully saturated rings. The number of hydrogen-bond donors (Lipinski definition) is 1. The van der Waals surface area contributed by atoms with Crippen molar-refractivity contribution in [2.75, 3.05) is 13.7 Å². The Kier molecular flexibility index (Phi) is 5.70. The molecule has 0 aliphatic rings. The molecule has 0 amide bonds. The molecule has 108 valence electrons. The van der Waals surface area contributed by atoms with Gasteiger partial charge in [0.2, 0.25) is 5.89 Å². The minimum atomic E-state index is 0.187. The van der Waals surface area contributed by atoms with Crippen LogP contribution in [0.1, 0.15) is 36.7 Å². The Hall–Kier alpha value is -1.72. The highest BCUT2D eigenvalue weighted by atomic mass is 16.5. The molecule has 1 heterocycles. The fourth-order valence-corrected chi connectivity index (χ4v) is 2.05. The van der Waals surface area contributed by atoms with Gasteiger partial charge in [0.1, 0.15) is 6.61 Å². The van der Waals surface area contributed by atoms with Gasteiger partial charge in [0, 0.05) is 19.6 Å². The molecule has 0 saturated heterocycles. The van der Waals surface area contributed by atoms with Crippen molar-refractivity contribution in [2.24, 2.45) is 0 Å². The van der Waals surface area contributed by atoms with Gasteiger partial charge < -0.3 is 14.6 Å². The zero-order chi connectivity index (χ0) is 14.2. The minimum absolute atomic E-state index is 0.187. The molecule has 1 atom stereocenters. The van der Waals surface area contributed by atoms with Gasteiger partial charge in [0.25, 0.3) is 0 Å². The second kappa shape index (κ2) is 7.77. The first kappa shape index (κ1) is 14.7. The molecule has 1 aromatic carbocycles. The second-order valence-electron chi connectivity index (χ2n) is 4.66. The van der Waals surface area contributed by atoms with E-state index in [-0.39, 0.29) is 6.04 Å². The molecular formula is C15H21N3O2. The summed E-state index contributed by atoms with van der Waals surface area (Å²) in [6.07, 6.45) is 1.77. The molecule has 0 bridgehead atoms. The summed E-state index contributed by atoms with van der Waals surface area (Å²) in [6, 6.07) is 10.5. The number of benzene rings is 1. The Morgan fingerprint density at radius 1 is 1.30 bits per heavy atom. The van der Waals surface area contributed by atoms with Crippen molar-refractivity contribution in [3.63, 3.8) is 0 Å². The minimum Gasteiger partial charge on any atom is -0.377 e. The van der Waals surface area contributed by atoms with Crippen molar-refractivity contribution < 1.29 is 9.26 Å². The maximum atomic E-state index is 5.27. The number of nitrogens with zero attached hydrogens (tertiary/aromatic N) is 2. The van der Waals surface area contributed by atoms with E-state index in [9.17, 15) is 0 Å². The van der Waals surface area contributed by atoms with Crippen molar-refractivity contribution in [2.45, 2.75) is 32.4 Å². The van der Waals surface area contributed by atoms with Crippen LogP contribution < -0.4 is 5.32 Å². The quantitative estimate of drug-likeness (QED) is 0.802. The van der Waals surface area contributed by atoms with Crippen molar-refractivity contribution in [3.8, 4) is 0 Å². The second-order valence-corrected chi connectivity index (χ2v) is 4.66. The van der Waals surface area contributed by atoms with Crippen LogP contribution in [0, 0.1) is 0 Å². The van der Waals surface area contributed by atoms with Crippen molar-refractivity contribution in [1.82, 2.24) is 15.5 Å². The fourth-order valence-electron chi connectivity index (χ4n) is 2.05. The van der Waals surface area contributed by atoms with Gasteiger partial charge >= 0.3 is 0 Å². The Morgan fingerprint density at radius 2 is 2.10 bits per heavy atom. The smallest absolute Gasteiger partial charge is 0.228 e. The van der Waals surface area contributed by atoms with E-state index in [0.29, 0.717) is 24.7 Å². The molecule has 0 aliphatic heterocycles. The van der Waals surface area contributed by atoms with Gasteiger partial charge in [-0.05, 0) is 18.5 Å². The molecular weight excluding hydrogens is 254 g/mol. The Morgan fingerprint density at radius 3 is 2.80 bits per heavy atom. The number of ether oxygens (including phenoxy) is 1. The lowest BCUT2D eigenvalue weighted by Crippen LogP contribution is -2.24. The molecule has 20 heavy (non-hydrogen) atoms. The summed E-state index contributed by atoms with van der Waals surface area (Å²) in [5.41, 5.74) is 1.23. The molecule has 1 N–H and O–H groups in total. The lowest BCUT2D eigenvalue weighted by atomic mass is 10.0. The van der Waals surface area contributed by atoms with Crippen LogP contribution in [0.15, 0.2) is 34.9 Å². The summed E-state index contributed by atoms with van der Waals surface area (Å²) in [5, 5.41) is 7.41. The molecule has 0 aliphatic carbocycles. The molecule has 2 rings (SSSR count). The van der Waals surface area contributed by atoms with E-state index in [1.807, 2.05) is 18.2 Å². The fraction of sp³-hybridized carbons (Fsp3) is 0.467. The number of methoxy groups -OCH3 is 1. The third-order valence-corrected chi connectivity index (χ3v) is 3.01. The molecule has 1 aromatic heterocycles. The maximum Gasteiger partial charge on any atom is 0.228 e. The predicted molar refractivity (Wildman–Crippen MR) is 76.2 cm³/mol. The van der Waals surface area contributed by atoms with E-state index >= 15 is 0 Å². The van der Waals surface area contributed by atoms with Crippen LogP contribution in [-0.4, -0.2) is 23.8 Å². The normalized spacial score (nSPS) is 12.5. The van der Waals surface area contributed by atoms with Gasteiger partial charge in [-0.25, -0.2) is 0 Å². The zero-order valence-electron chi connectivity index (χ0n) is 12.0. The summed E-state index contributed by atoms with van der Waals surface area (Å²) < 4.78 is 10.3. The van der Waals surface area contributed by atoms with E-state index in [2.05, 4.69) is 34.5 Å².